The molecule has 0 spiro atoms. The molecule has 2 heterocycles. The standard InChI is InChI=1S/C34H42FN5O5/c1-22-16-30(38-45-22)34(43)39-15-14-28(18-31(39)32(41)37-20-24-8-6-23(19-36)7-9-24)40(21-25-4-3-5-29(17-25)44-2)33(42)26-10-12-27(35)13-11-26/h3-5,10-13,16-17,23-24,28,31H,6-9,14-15,18-21,36H2,1-2H3,(H,37,41)/t23?,24?,28?,31-/m1/s1. The molecule has 1 aliphatic carbocycles. The second-order valence-electron chi connectivity index (χ2n) is 12.2. The minimum atomic E-state index is -0.831. The topological polar surface area (TPSA) is 131 Å². The normalized spacial score (nSPS) is 21.6. The van der Waals surface area contributed by atoms with Gasteiger partial charge in [-0.1, -0.05) is 17.3 Å². The second-order valence-corrected chi connectivity index (χ2v) is 12.2. The summed E-state index contributed by atoms with van der Waals surface area (Å²) in [5.41, 5.74) is 7.18. The van der Waals surface area contributed by atoms with Crippen LogP contribution in [0.15, 0.2) is 59.1 Å². The summed E-state index contributed by atoms with van der Waals surface area (Å²) < 4.78 is 24.3. The van der Waals surface area contributed by atoms with Gasteiger partial charge in [0, 0.05) is 37.3 Å². The zero-order valence-electron chi connectivity index (χ0n) is 25.9. The van der Waals surface area contributed by atoms with Crippen molar-refractivity contribution in [3.63, 3.8) is 0 Å². The summed E-state index contributed by atoms with van der Waals surface area (Å²) in [7, 11) is 1.58. The fraction of sp³-hybridized carbons (Fsp3) is 0.471. The van der Waals surface area contributed by atoms with Crippen molar-refractivity contribution in [2.45, 2.75) is 64.1 Å². The van der Waals surface area contributed by atoms with Crippen LogP contribution in [0.2, 0.25) is 0 Å². The van der Waals surface area contributed by atoms with E-state index in [0.29, 0.717) is 48.4 Å². The molecule has 1 saturated heterocycles. The molecule has 2 atom stereocenters. The Hall–Kier alpha value is -4.25. The van der Waals surface area contributed by atoms with Gasteiger partial charge in [0.25, 0.3) is 11.8 Å². The number of likely N-dealkylation sites (tertiary alicyclic amines) is 1. The highest BCUT2D eigenvalue weighted by atomic mass is 19.1. The van der Waals surface area contributed by atoms with Crippen molar-refractivity contribution < 1.29 is 28.0 Å². The van der Waals surface area contributed by atoms with Gasteiger partial charge in [-0.25, -0.2) is 4.39 Å². The van der Waals surface area contributed by atoms with Gasteiger partial charge in [-0.15, -0.1) is 0 Å². The first-order valence-electron chi connectivity index (χ1n) is 15.7. The van der Waals surface area contributed by atoms with Crippen LogP contribution in [0.25, 0.3) is 0 Å². The van der Waals surface area contributed by atoms with E-state index < -0.39 is 17.8 Å². The first-order chi connectivity index (χ1) is 21.7. The van der Waals surface area contributed by atoms with Gasteiger partial charge >= 0.3 is 0 Å². The third kappa shape index (κ3) is 7.89. The second kappa shape index (κ2) is 14.7. The van der Waals surface area contributed by atoms with Crippen LogP contribution in [0.4, 0.5) is 4.39 Å². The minimum Gasteiger partial charge on any atom is -0.497 e. The van der Waals surface area contributed by atoms with Gasteiger partial charge in [0.05, 0.1) is 7.11 Å². The van der Waals surface area contributed by atoms with Gasteiger partial charge in [-0.2, -0.15) is 0 Å². The maximum atomic E-state index is 14.0. The number of nitrogens with zero attached hydrogens (tertiary/aromatic N) is 3. The third-order valence-electron chi connectivity index (χ3n) is 9.13. The first kappa shape index (κ1) is 32.2. The van der Waals surface area contributed by atoms with E-state index in [0.717, 1.165) is 31.2 Å². The monoisotopic (exact) mass is 619 g/mol. The number of amides is 3. The number of carbonyl (C=O) groups excluding carboxylic acids is 3. The summed E-state index contributed by atoms with van der Waals surface area (Å²) >= 11 is 0. The summed E-state index contributed by atoms with van der Waals surface area (Å²) in [5, 5.41) is 7.02. The lowest BCUT2D eigenvalue weighted by Gasteiger charge is -2.43. The number of aryl methyl sites for hydroxylation is 1. The van der Waals surface area contributed by atoms with Gasteiger partial charge in [0.15, 0.2) is 5.69 Å². The molecule has 2 aromatic carbocycles. The molecule has 240 valence electrons. The molecule has 2 aliphatic rings. The van der Waals surface area contributed by atoms with Crippen molar-refractivity contribution in [1.82, 2.24) is 20.3 Å². The number of nitrogens with one attached hydrogen (secondary N) is 1. The Morgan fingerprint density at radius 3 is 2.47 bits per heavy atom. The van der Waals surface area contributed by atoms with Crippen LogP contribution in [0.5, 0.6) is 5.75 Å². The fourth-order valence-corrected chi connectivity index (χ4v) is 6.46. The van der Waals surface area contributed by atoms with Gasteiger partial charge < -0.3 is 30.1 Å². The number of rotatable bonds is 10. The summed E-state index contributed by atoms with van der Waals surface area (Å²) in [4.78, 5) is 44.7. The average molecular weight is 620 g/mol. The molecule has 1 unspecified atom stereocenters. The molecule has 0 bridgehead atoms. The average Bonchev–Trinajstić information content (AvgIpc) is 3.52. The SMILES string of the molecule is COc1cccc(CN(C(=O)c2ccc(F)cc2)C2CCN(C(=O)c3cc(C)on3)[C@@H](C(=O)NCC3CCC(CN)CC3)C2)c1. The highest BCUT2D eigenvalue weighted by molar-refractivity contribution is 5.97. The van der Waals surface area contributed by atoms with Crippen LogP contribution >= 0.6 is 0 Å². The van der Waals surface area contributed by atoms with Crippen LogP contribution in [-0.4, -0.2) is 71.5 Å². The predicted octanol–water partition coefficient (Wildman–Crippen LogP) is 4.33. The smallest absolute Gasteiger partial charge is 0.276 e. The predicted molar refractivity (Wildman–Crippen MR) is 166 cm³/mol. The maximum absolute atomic E-state index is 14.0. The number of carbonyl (C=O) groups is 3. The molecule has 10 nitrogen and oxygen atoms in total. The molecule has 0 radical (unpaired) electrons. The molecule has 45 heavy (non-hydrogen) atoms. The number of hydrogen-bond acceptors (Lipinski definition) is 7. The Balaban J connectivity index is 1.40. The molecule has 3 amide bonds. The summed E-state index contributed by atoms with van der Waals surface area (Å²) in [5.74, 6) is 0.661. The van der Waals surface area contributed by atoms with Crippen LogP contribution < -0.4 is 15.8 Å². The summed E-state index contributed by atoms with van der Waals surface area (Å²) in [6, 6.07) is 13.2. The number of halogens is 1. The van der Waals surface area contributed by atoms with Gasteiger partial charge in [0.2, 0.25) is 5.91 Å². The largest absolute Gasteiger partial charge is 0.497 e. The lowest BCUT2D eigenvalue weighted by Crippen LogP contribution is -2.58. The van der Waals surface area contributed by atoms with E-state index in [1.54, 1.807) is 29.9 Å². The highest BCUT2D eigenvalue weighted by Gasteiger charge is 2.41. The van der Waals surface area contributed by atoms with E-state index in [2.05, 4.69) is 10.5 Å². The number of methoxy groups -OCH3 is 1. The molecule has 1 aliphatic heterocycles. The number of benzene rings is 2. The van der Waals surface area contributed by atoms with E-state index in [1.807, 2.05) is 24.3 Å². The fourth-order valence-electron chi connectivity index (χ4n) is 6.46. The van der Waals surface area contributed by atoms with Crippen LogP contribution in [-0.2, 0) is 11.3 Å². The quantitative estimate of drug-likeness (QED) is 0.346. The molecular weight excluding hydrogens is 577 g/mol. The Morgan fingerprint density at radius 1 is 1.07 bits per heavy atom. The van der Waals surface area contributed by atoms with Crippen molar-refractivity contribution in [2.75, 3.05) is 26.7 Å². The molecule has 11 heteroatoms. The zero-order valence-corrected chi connectivity index (χ0v) is 25.9. The van der Waals surface area contributed by atoms with E-state index >= 15 is 0 Å². The van der Waals surface area contributed by atoms with Gasteiger partial charge in [-0.3, -0.25) is 14.4 Å². The van der Waals surface area contributed by atoms with E-state index in [-0.39, 0.29) is 43.1 Å². The Morgan fingerprint density at radius 2 is 1.80 bits per heavy atom. The lowest BCUT2D eigenvalue weighted by atomic mass is 9.82. The number of ether oxygens (including phenoxy) is 1. The van der Waals surface area contributed by atoms with Crippen LogP contribution in [0, 0.1) is 24.6 Å². The Kier molecular flexibility index (Phi) is 10.5. The summed E-state index contributed by atoms with van der Waals surface area (Å²) in [6.07, 6.45) is 4.75. The number of piperidine rings is 1. The van der Waals surface area contributed by atoms with Crippen molar-refractivity contribution >= 4 is 17.7 Å². The molecule has 2 fully saturated rings. The van der Waals surface area contributed by atoms with Crippen LogP contribution in [0.3, 0.4) is 0 Å². The van der Waals surface area contributed by atoms with E-state index in [9.17, 15) is 18.8 Å². The first-order valence-corrected chi connectivity index (χ1v) is 15.7. The molecular formula is C34H42FN5O5. The van der Waals surface area contributed by atoms with Crippen molar-refractivity contribution in [3.8, 4) is 5.75 Å². The lowest BCUT2D eigenvalue weighted by molar-refractivity contribution is -0.127. The van der Waals surface area contributed by atoms with Gasteiger partial charge in [0.1, 0.15) is 23.4 Å². The Labute approximate surface area is 263 Å². The Bertz CT molecular complexity index is 1470. The van der Waals surface area contributed by atoms with E-state index in [1.165, 1.54) is 24.3 Å². The number of aromatic nitrogens is 1. The van der Waals surface area contributed by atoms with Crippen molar-refractivity contribution in [3.05, 3.63) is 83.0 Å². The van der Waals surface area contributed by atoms with Crippen molar-refractivity contribution in [1.29, 1.82) is 0 Å². The summed E-state index contributed by atoms with van der Waals surface area (Å²) in [6.45, 7) is 3.39. The highest BCUT2D eigenvalue weighted by Crippen LogP contribution is 2.30. The third-order valence-corrected chi connectivity index (χ3v) is 9.13. The number of nitrogens with two attached hydrogens (primary N) is 1. The molecule has 5 rings (SSSR count). The molecule has 3 N–H and O–H groups in total. The zero-order chi connectivity index (χ0) is 31.9. The molecule has 3 aromatic rings. The number of hydrogen-bond donors (Lipinski definition) is 2. The maximum Gasteiger partial charge on any atom is 0.276 e. The van der Waals surface area contributed by atoms with E-state index in [4.69, 9.17) is 15.0 Å². The van der Waals surface area contributed by atoms with Crippen LogP contribution in [0.1, 0.15) is 70.7 Å². The van der Waals surface area contributed by atoms with Crippen molar-refractivity contribution in [2.24, 2.45) is 17.6 Å². The molecule has 1 aromatic heterocycles. The van der Waals surface area contributed by atoms with Gasteiger partial charge in [-0.05, 0) is 106 Å². The minimum absolute atomic E-state index is 0.138. The molecule has 1 saturated carbocycles.